The molecule has 17 heavy (non-hydrogen) atoms. The zero-order chi connectivity index (χ0) is 13.1. The number of hydrogen-bond donors (Lipinski definition) is 1. The van der Waals surface area contributed by atoms with Crippen LogP contribution in [0.15, 0.2) is 23.1 Å². The van der Waals surface area contributed by atoms with E-state index in [0.717, 1.165) is 12.1 Å². The van der Waals surface area contributed by atoms with Crippen LogP contribution in [-0.4, -0.2) is 26.9 Å². The minimum Gasteiger partial charge on any atom is -0.398 e. The Morgan fingerprint density at radius 3 is 2.59 bits per heavy atom. The Bertz CT molecular complexity index is 485. The predicted molar refractivity (Wildman–Crippen MR) is 64.0 cm³/mol. The summed E-state index contributed by atoms with van der Waals surface area (Å²) in [6.45, 7) is 3.73. The van der Waals surface area contributed by atoms with E-state index in [9.17, 15) is 12.8 Å². The molecule has 0 aliphatic carbocycles. The second-order valence-electron chi connectivity index (χ2n) is 3.92. The Kier molecular flexibility index (Phi) is 4.47. The molecule has 1 rings (SSSR count). The zero-order valence-corrected chi connectivity index (χ0v) is 10.6. The summed E-state index contributed by atoms with van der Waals surface area (Å²) in [5.74, 6) is -0.721. The van der Waals surface area contributed by atoms with E-state index in [2.05, 4.69) is 0 Å². The highest BCUT2D eigenvalue weighted by Gasteiger charge is 2.18. The van der Waals surface area contributed by atoms with Crippen LogP contribution in [-0.2, 0) is 14.6 Å². The third-order valence-corrected chi connectivity index (χ3v) is 3.86. The number of ether oxygens (including phenoxy) is 1. The second-order valence-corrected chi connectivity index (χ2v) is 6.00. The topological polar surface area (TPSA) is 69.4 Å². The van der Waals surface area contributed by atoms with Gasteiger partial charge in [0.15, 0.2) is 9.84 Å². The molecule has 1 aromatic rings. The van der Waals surface area contributed by atoms with E-state index in [1.165, 1.54) is 6.07 Å². The maximum atomic E-state index is 12.8. The van der Waals surface area contributed by atoms with Gasteiger partial charge in [-0.1, -0.05) is 0 Å². The fourth-order valence-corrected chi connectivity index (χ4v) is 2.53. The molecule has 0 unspecified atom stereocenters. The van der Waals surface area contributed by atoms with Crippen molar-refractivity contribution in [3.63, 3.8) is 0 Å². The molecule has 0 radical (unpaired) electrons. The highest BCUT2D eigenvalue weighted by molar-refractivity contribution is 7.91. The first-order valence-electron chi connectivity index (χ1n) is 5.22. The van der Waals surface area contributed by atoms with E-state index >= 15 is 0 Å². The minimum atomic E-state index is -3.52. The summed E-state index contributed by atoms with van der Waals surface area (Å²) >= 11 is 0. The normalized spacial score (nSPS) is 12.0. The average molecular weight is 261 g/mol. The van der Waals surface area contributed by atoms with Gasteiger partial charge in [-0.05, 0) is 32.0 Å². The van der Waals surface area contributed by atoms with Crippen molar-refractivity contribution in [3.8, 4) is 0 Å². The third-order valence-electron chi connectivity index (χ3n) is 2.11. The molecular formula is C11H16FNO3S. The number of nitrogen functional groups attached to an aromatic ring is 1. The number of rotatable bonds is 5. The van der Waals surface area contributed by atoms with Gasteiger partial charge < -0.3 is 10.5 Å². The van der Waals surface area contributed by atoms with Crippen molar-refractivity contribution >= 4 is 15.5 Å². The summed E-state index contributed by atoms with van der Waals surface area (Å²) < 4.78 is 41.7. The zero-order valence-electron chi connectivity index (χ0n) is 9.81. The van der Waals surface area contributed by atoms with Crippen molar-refractivity contribution in [2.75, 3.05) is 18.1 Å². The van der Waals surface area contributed by atoms with Crippen molar-refractivity contribution in [1.82, 2.24) is 0 Å². The Morgan fingerprint density at radius 1 is 1.41 bits per heavy atom. The smallest absolute Gasteiger partial charge is 0.182 e. The number of nitrogens with two attached hydrogens (primary N) is 1. The Labute approximate surface area is 101 Å². The lowest BCUT2D eigenvalue weighted by molar-refractivity contribution is 0.0912. The average Bonchev–Trinajstić information content (AvgIpc) is 2.15. The quantitative estimate of drug-likeness (QED) is 0.645. The molecule has 0 heterocycles. The van der Waals surface area contributed by atoms with Crippen LogP contribution in [0, 0.1) is 5.82 Å². The predicted octanol–water partition coefficient (Wildman–Crippen LogP) is 1.61. The maximum Gasteiger partial charge on any atom is 0.182 e. The number of halogens is 1. The Morgan fingerprint density at radius 2 is 2.06 bits per heavy atom. The molecule has 0 fully saturated rings. The summed E-state index contributed by atoms with van der Waals surface area (Å²) in [6.07, 6.45) is -0.0317. The van der Waals surface area contributed by atoms with Crippen LogP contribution in [0.1, 0.15) is 13.8 Å². The van der Waals surface area contributed by atoms with Gasteiger partial charge in [0.1, 0.15) is 5.82 Å². The lowest BCUT2D eigenvalue weighted by Crippen LogP contribution is -2.16. The van der Waals surface area contributed by atoms with Crippen molar-refractivity contribution in [2.45, 2.75) is 24.8 Å². The van der Waals surface area contributed by atoms with Gasteiger partial charge in [0, 0.05) is 0 Å². The van der Waals surface area contributed by atoms with Gasteiger partial charge in [-0.15, -0.1) is 0 Å². The SMILES string of the molecule is CC(C)OCCS(=O)(=O)c1ccc(F)cc1N. The van der Waals surface area contributed by atoms with Gasteiger partial charge in [-0.3, -0.25) is 0 Å². The molecule has 0 aliphatic rings. The number of benzene rings is 1. The minimum absolute atomic E-state index is 0.0317. The molecule has 1 aromatic carbocycles. The van der Waals surface area contributed by atoms with Gasteiger partial charge >= 0.3 is 0 Å². The molecule has 0 amide bonds. The highest BCUT2D eigenvalue weighted by atomic mass is 32.2. The molecule has 0 bridgehead atoms. The van der Waals surface area contributed by atoms with Crippen LogP contribution in [0.3, 0.4) is 0 Å². The van der Waals surface area contributed by atoms with E-state index in [-0.39, 0.29) is 29.0 Å². The van der Waals surface area contributed by atoms with Crippen LogP contribution in [0.2, 0.25) is 0 Å². The Hall–Kier alpha value is -1.14. The molecule has 0 saturated heterocycles. The van der Waals surface area contributed by atoms with E-state index in [1.807, 2.05) is 13.8 Å². The van der Waals surface area contributed by atoms with Crippen molar-refractivity contribution < 1.29 is 17.5 Å². The summed E-state index contributed by atoms with van der Waals surface area (Å²) in [7, 11) is -3.52. The fraction of sp³-hybridized carbons (Fsp3) is 0.455. The lowest BCUT2D eigenvalue weighted by Gasteiger charge is -2.09. The monoisotopic (exact) mass is 261 g/mol. The molecule has 0 aliphatic heterocycles. The molecule has 6 heteroatoms. The molecule has 0 saturated carbocycles. The summed E-state index contributed by atoms with van der Waals surface area (Å²) in [6, 6.07) is 3.25. The van der Waals surface area contributed by atoms with Crippen LogP contribution in [0.5, 0.6) is 0 Å². The maximum absolute atomic E-state index is 12.8. The van der Waals surface area contributed by atoms with Crippen molar-refractivity contribution in [1.29, 1.82) is 0 Å². The van der Waals surface area contributed by atoms with E-state index < -0.39 is 15.7 Å². The first-order chi connectivity index (χ1) is 7.83. The van der Waals surface area contributed by atoms with Gasteiger partial charge in [0.25, 0.3) is 0 Å². The van der Waals surface area contributed by atoms with Crippen LogP contribution in [0.4, 0.5) is 10.1 Å². The van der Waals surface area contributed by atoms with Gasteiger partial charge in [0.05, 0.1) is 29.0 Å². The third kappa shape index (κ3) is 3.98. The molecule has 0 spiro atoms. The lowest BCUT2D eigenvalue weighted by atomic mass is 10.3. The molecular weight excluding hydrogens is 245 g/mol. The summed E-state index contributed by atoms with van der Waals surface area (Å²) in [4.78, 5) is -0.0498. The Balaban J connectivity index is 2.83. The number of anilines is 1. The summed E-state index contributed by atoms with van der Waals surface area (Å²) in [5.41, 5.74) is 5.40. The highest BCUT2D eigenvalue weighted by Crippen LogP contribution is 2.20. The van der Waals surface area contributed by atoms with Gasteiger partial charge in [-0.25, -0.2) is 12.8 Å². The van der Waals surface area contributed by atoms with Crippen LogP contribution < -0.4 is 5.73 Å². The largest absolute Gasteiger partial charge is 0.398 e. The second kappa shape index (κ2) is 5.46. The standard InChI is InChI=1S/C11H16FNO3S/c1-8(2)16-5-6-17(14,15)11-4-3-9(12)7-10(11)13/h3-4,7-8H,5-6,13H2,1-2H3. The molecule has 4 nitrogen and oxygen atoms in total. The summed E-state index contributed by atoms with van der Waals surface area (Å²) in [5, 5.41) is 0. The number of sulfone groups is 1. The number of hydrogen-bond acceptors (Lipinski definition) is 4. The first-order valence-corrected chi connectivity index (χ1v) is 6.87. The molecule has 0 atom stereocenters. The van der Waals surface area contributed by atoms with Crippen LogP contribution in [0.25, 0.3) is 0 Å². The van der Waals surface area contributed by atoms with E-state index in [4.69, 9.17) is 10.5 Å². The van der Waals surface area contributed by atoms with E-state index in [0.29, 0.717) is 0 Å². The van der Waals surface area contributed by atoms with Crippen molar-refractivity contribution in [3.05, 3.63) is 24.0 Å². The van der Waals surface area contributed by atoms with Gasteiger partial charge in [-0.2, -0.15) is 0 Å². The molecule has 96 valence electrons. The van der Waals surface area contributed by atoms with Gasteiger partial charge in [0.2, 0.25) is 0 Å². The molecule has 0 aromatic heterocycles. The fourth-order valence-electron chi connectivity index (χ4n) is 1.31. The van der Waals surface area contributed by atoms with Crippen molar-refractivity contribution in [2.24, 2.45) is 0 Å². The first kappa shape index (κ1) is 13.9. The van der Waals surface area contributed by atoms with Crippen LogP contribution >= 0.6 is 0 Å². The molecule has 2 N–H and O–H groups in total. The van der Waals surface area contributed by atoms with E-state index in [1.54, 1.807) is 0 Å².